The van der Waals surface area contributed by atoms with E-state index in [9.17, 15) is 0 Å². The molecule has 0 bridgehead atoms. The topological polar surface area (TPSA) is 67.8 Å². The third-order valence-corrected chi connectivity index (χ3v) is 4.75. The molecule has 0 amide bonds. The van der Waals surface area contributed by atoms with Crippen LogP contribution in [0.3, 0.4) is 0 Å². The van der Waals surface area contributed by atoms with Gasteiger partial charge < -0.3 is 20.1 Å². The Labute approximate surface area is 175 Å². The molecule has 0 saturated carbocycles. The average molecular weight is 488 g/mol. The maximum Gasteiger partial charge on any atom is 0.231 e. The van der Waals surface area contributed by atoms with Crippen LogP contribution in [0.5, 0.6) is 11.5 Å². The van der Waals surface area contributed by atoms with E-state index in [1.54, 1.807) is 11.3 Å². The number of ether oxygens (including phenoxy) is 2. The average Bonchev–Trinajstić information content (AvgIpc) is 3.24. The number of benzene rings is 1. The van der Waals surface area contributed by atoms with Crippen molar-refractivity contribution in [3.8, 4) is 11.5 Å². The molecule has 2 heterocycles. The van der Waals surface area contributed by atoms with Gasteiger partial charge in [0.1, 0.15) is 0 Å². The summed E-state index contributed by atoms with van der Waals surface area (Å²) in [5, 5.41) is 9.95. The summed E-state index contributed by atoms with van der Waals surface area (Å²) in [6.07, 6.45) is 2.02. The molecule has 3 rings (SSSR count). The largest absolute Gasteiger partial charge is 0.454 e. The highest BCUT2D eigenvalue weighted by molar-refractivity contribution is 14.0. The molecule has 1 aromatic heterocycles. The predicted molar refractivity (Wildman–Crippen MR) is 116 cm³/mol. The molecular weight excluding hydrogens is 463 g/mol. The molecule has 6 nitrogen and oxygen atoms in total. The highest BCUT2D eigenvalue weighted by atomic mass is 127. The third kappa shape index (κ3) is 6.01. The lowest BCUT2D eigenvalue weighted by Gasteiger charge is -2.11. The first-order valence-corrected chi connectivity index (χ1v) is 9.44. The Balaban J connectivity index is 0.00000243. The summed E-state index contributed by atoms with van der Waals surface area (Å²) in [6, 6.07) is 5.94. The Morgan fingerprint density at radius 1 is 1.27 bits per heavy atom. The number of aromatic nitrogens is 1. The van der Waals surface area contributed by atoms with Crippen LogP contribution in [0.25, 0.3) is 0 Å². The van der Waals surface area contributed by atoms with Gasteiger partial charge in [0.05, 0.1) is 11.6 Å². The number of guanidine groups is 1. The first-order chi connectivity index (χ1) is 12.2. The monoisotopic (exact) mass is 488 g/mol. The van der Waals surface area contributed by atoms with Crippen molar-refractivity contribution in [2.75, 3.05) is 19.9 Å². The molecule has 0 atom stereocenters. The van der Waals surface area contributed by atoms with Crippen molar-refractivity contribution in [1.29, 1.82) is 0 Å². The van der Waals surface area contributed by atoms with E-state index < -0.39 is 0 Å². The summed E-state index contributed by atoms with van der Waals surface area (Å²) >= 11 is 1.73. The lowest BCUT2D eigenvalue weighted by atomic mass is 10.2. The number of aliphatic imine (C=N–C) groups is 1. The molecule has 0 unspecified atom stereocenters. The number of hydrogen-bond acceptors (Lipinski definition) is 5. The summed E-state index contributed by atoms with van der Waals surface area (Å²) < 4.78 is 10.7. The molecule has 1 aliphatic rings. The molecule has 2 N–H and O–H groups in total. The molecule has 2 aromatic rings. The number of nitrogens with one attached hydrogen (secondary N) is 2. The number of fused-ring (bicyclic) bond motifs is 1. The van der Waals surface area contributed by atoms with Crippen molar-refractivity contribution >= 4 is 41.3 Å². The van der Waals surface area contributed by atoms with E-state index >= 15 is 0 Å². The SMILES string of the molecule is CCNC(=NCc1ccc2c(c1)OCO2)NCCCc1nc(C)cs1.I. The van der Waals surface area contributed by atoms with Gasteiger partial charge in [0, 0.05) is 30.6 Å². The van der Waals surface area contributed by atoms with Crippen LogP contribution in [0.15, 0.2) is 28.6 Å². The molecule has 0 radical (unpaired) electrons. The van der Waals surface area contributed by atoms with Crippen molar-refractivity contribution in [1.82, 2.24) is 15.6 Å². The molecule has 0 saturated heterocycles. The number of thiazole rings is 1. The van der Waals surface area contributed by atoms with E-state index in [4.69, 9.17) is 9.47 Å². The first kappa shape index (κ1) is 20.8. The Bertz CT molecular complexity index is 736. The quantitative estimate of drug-likeness (QED) is 0.271. The van der Waals surface area contributed by atoms with E-state index in [2.05, 4.69) is 32.9 Å². The maximum absolute atomic E-state index is 5.41. The van der Waals surface area contributed by atoms with Crippen molar-refractivity contribution in [2.24, 2.45) is 4.99 Å². The van der Waals surface area contributed by atoms with Crippen LogP contribution in [0.4, 0.5) is 0 Å². The van der Waals surface area contributed by atoms with Crippen LogP contribution in [0.1, 0.15) is 29.6 Å². The van der Waals surface area contributed by atoms with Crippen LogP contribution in [0, 0.1) is 6.92 Å². The maximum atomic E-state index is 5.41. The van der Waals surface area contributed by atoms with Gasteiger partial charge in [0.25, 0.3) is 0 Å². The molecule has 0 spiro atoms. The summed E-state index contributed by atoms with van der Waals surface area (Å²) in [7, 11) is 0. The molecule has 1 aromatic carbocycles. The minimum absolute atomic E-state index is 0. The highest BCUT2D eigenvalue weighted by Gasteiger charge is 2.12. The number of aryl methyl sites for hydroxylation is 2. The van der Waals surface area contributed by atoms with Crippen molar-refractivity contribution in [2.45, 2.75) is 33.2 Å². The van der Waals surface area contributed by atoms with Crippen molar-refractivity contribution in [3.63, 3.8) is 0 Å². The zero-order valence-electron chi connectivity index (χ0n) is 15.1. The normalized spacial score (nSPS) is 12.6. The van der Waals surface area contributed by atoms with Crippen molar-refractivity contribution in [3.05, 3.63) is 39.8 Å². The predicted octanol–water partition coefficient (Wildman–Crippen LogP) is 3.49. The summed E-state index contributed by atoms with van der Waals surface area (Å²) in [4.78, 5) is 9.13. The number of hydrogen-bond donors (Lipinski definition) is 2. The van der Waals surface area contributed by atoms with Gasteiger partial charge >= 0.3 is 0 Å². The summed E-state index contributed by atoms with van der Waals surface area (Å²) in [5.41, 5.74) is 2.20. The molecule has 8 heteroatoms. The van der Waals surface area contributed by atoms with Crippen LogP contribution in [-0.2, 0) is 13.0 Å². The van der Waals surface area contributed by atoms with Gasteiger partial charge in [-0.15, -0.1) is 35.3 Å². The fourth-order valence-electron chi connectivity index (χ4n) is 2.52. The second-order valence-electron chi connectivity index (χ2n) is 5.80. The fraction of sp³-hybridized carbons (Fsp3) is 0.444. The van der Waals surface area contributed by atoms with E-state index in [1.165, 1.54) is 5.01 Å². The van der Waals surface area contributed by atoms with Crippen LogP contribution in [-0.4, -0.2) is 30.8 Å². The number of nitrogens with zero attached hydrogens (tertiary/aromatic N) is 2. The van der Waals surface area contributed by atoms with E-state index in [0.29, 0.717) is 13.3 Å². The third-order valence-electron chi connectivity index (χ3n) is 3.73. The molecule has 26 heavy (non-hydrogen) atoms. The minimum atomic E-state index is 0. The lowest BCUT2D eigenvalue weighted by Crippen LogP contribution is -2.37. The van der Waals surface area contributed by atoms with Gasteiger partial charge in [-0.1, -0.05) is 6.07 Å². The van der Waals surface area contributed by atoms with Crippen LogP contribution in [0.2, 0.25) is 0 Å². The highest BCUT2D eigenvalue weighted by Crippen LogP contribution is 2.32. The Kier molecular flexibility index (Phi) is 8.43. The zero-order valence-corrected chi connectivity index (χ0v) is 18.2. The van der Waals surface area contributed by atoms with Gasteiger partial charge in [0.2, 0.25) is 6.79 Å². The Morgan fingerprint density at radius 3 is 2.88 bits per heavy atom. The first-order valence-electron chi connectivity index (χ1n) is 8.56. The molecule has 0 aliphatic carbocycles. The van der Waals surface area contributed by atoms with Gasteiger partial charge in [-0.25, -0.2) is 9.98 Å². The van der Waals surface area contributed by atoms with E-state index in [-0.39, 0.29) is 24.0 Å². The number of rotatable bonds is 7. The minimum Gasteiger partial charge on any atom is -0.454 e. The van der Waals surface area contributed by atoms with Gasteiger partial charge in [-0.3, -0.25) is 0 Å². The molecule has 1 aliphatic heterocycles. The van der Waals surface area contributed by atoms with Gasteiger partial charge in [-0.2, -0.15) is 0 Å². The molecule has 0 fully saturated rings. The van der Waals surface area contributed by atoms with E-state index in [0.717, 1.165) is 54.6 Å². The van der Waals surface area contributed by atoms with E-state index in [1.807, 2.05) is 25.1 Å². The Morgan fingerprint density at radius 2 is 2.12 bits per heavy atom. The zero-order chi connectivity index (χ0) is 17.5. The summed E-state index contributed by atoms with van der Waals surface area (Å²) in [6.45, 7) is 6.69. The second-order valence-corrected chi connectivity index (χ2v) is 6.74. The number of halogens is 1. The van der Waals surface area contributed by atoms with Gasteiger partial charge in [-0.05, 0) is 38.0 Å². The standard InChI is InChI=1S/C18H24N4O2S.HI/c1-3-19-18(20-8-4-5-17-22-13(2)11-25-17)21-10-14-6-7-15-16(9-14)24-12-23-15;/h6-7,9,11H,3-5,8,10,12H2,1-2H3,(H2,19,20,21);1H. The molecule has 142 valence electrons. The van der Waals surface area contributed by atoms with Crippen molar-refractivity contribution < 1.29 is 9.47 Å². The lowest BCUT2D eigenvalue weighted by molar-refractivity contribution is 0.174. The smallest absolute Gasteiger partial charge is 0.231 e. The van der Waals surface area contributed by atoms with Gasteiger partial charge in [0.15, 0.2) is 17.5 Å². The van der Waals surface area contributed by atoms with Crippen LogP contribution < -0.4 is 20.1 Å². The second kappa shape index (κ2) is 10.6. The fourth-order valence-corrected chi connectivity index (χ4v) is 3.33. The Hall–Kier alpha value is -1.55. The van der Waals surface area contributed by atoms with Crippen LogP contribution >= 0.6 is 35.3 Å². The summed E-state index contributed by atoms with van der Waals surface area (Å²) in [5.74, 6) is 2.43. The molecular formula is C18H25IN4O2S.